The van der Waals surface area contributed by atoms with Gasteiger partial charge >= 0.3 is 17.2 Å². The zero-order valence-corrected chi connectivity index (χ0v) is 19.1. The lowest BCUT2D eigenvalue weighted by Crippen LogP contribution is -2.50. The van der Waals surface area contributed by atoms with Gasteiger partial charge in [0, 0.05) is 46.7 Å². The van der Waals surface area contributed by atoms with Gasteiger partial charge in [0.15, 0.2) is 9.84 Å². The number of amides is 2. The van der Waals surface area contributed by atoms with Crippen LogP contribution in [0, 0.1) is 0 Å². The van der Waals surface area contributed by atoms with Crippen LogP contribution in [0.1, 0.15) is 13.3 Å². The van der Waals surface area contributed by atoms with Crippen molar-refractivity contribution in [1.82, 2.24) is 18.9 Å². The van der Waals surface area contributed by atoms with Gasteiger partial charge in [0.25, 0.3) is 0 Å². The lowest BCUT2D eigenvalue weighted by Gasteiger charge is -2.34. The number of aryl methyl sites for hydroxylation is 2. The van der Waals surface area contributed by atoms with Gasteiger partial charge in [0.1, 0.15) is 0 Å². The molecule has 0 N–H and O–H groups in total. The number of hydrogen-bond donors (Lipinski definition) is 0. The molecule has 1 aliphatic heterocycles. The molecule has 0 bridgehead atoms. The monoisotopic (exact) mass is 466 g/mol. The van der Waals surface area contributed by atoms with E-state index in [1.807, 2.05) is 0 Å². The topological polar surface area (TPSA) is 128 Å². The Morgan fingerprint density at radius 3 is 2.09 bits per heavy atom. The minimum absolute atomic E-state index is 0.0291. The van der Waals surface area contributed by atoms with Crippen molar-refractivity contribution in [2.45, 2.75) is 18.2 Å². The van der Waals surface area contributed by atoms with Crippen molar-refractivity contribution >= 4 is 32.9 Å². The number of sulfone groups is 1. The van der Waals surface area contributed by atoms with Crippen LogP contribution in [0.2, 0.25) is 0 Å². The number of hydrogen-bond acceptors (Lipinski definition) is 7. The molecule has 0 atom stereocenters. The van der Waals surface area contributed by atoms with Gasteiger partial charge in [-0.15, -0.1) is 0 Å². The Bertz CT molecular complexity index is 1270. The highest BCUT2D eigenvalue weighted by Gasteiger charge is 2.26. The van der Waals surface area contributed by atoms with Gasteiger partial charge in [0.2, 0.25) is 5.91 Å². The van der Waals surface area contributed by atoms with Gasteiger partial charge in [-0.1, -0.05) is 0 Å². The lowest BCUT2D eigenvalue weighted by molar-refractivity contribution is -0.132. The standard InChI is InChI=1S/C20H26N4O7S/c1-4-31-20(28)24-10-8-23(9-11-24)17(25)7-12-32(29,30)14-5-6-15-16(13-14)22(3)19(27)18(26)21(15)2/h5-6,13H,4,7-12H2,1-3H3. The predicted molar refractivity (Wildman–Crippen MR) is 116 cm³/mol. The third-order valence-corrected chi connectivity index (χ3v) is 7.28. The molecule has 0 aliphatic carbocycles. The Labute approximate surface area is 184 Å². The smallest absolute Gasteiger partial charge is 0.409 e. The molecular weight excluding hydrogens is 440 g/mol. The highest BCUT2D eigenvalue weighted by Crippen LogP contribution is 2.19. The number of nitrogens with zero attached hydrogens (tertiary/aromatic N) is 4. The van der Waals surface area contributed by atoms with Crippen molar-refractivity contribution in [3.05, 3.63) is 38.9 Å². The molecule has 1 aliphatic rings. The van der Waals surface area contributed by atoms with E-state index in [0.29, 0.717) is 37.2 Å². The Kier molecular flexibility index (Phi) is 6.72. The molecule has 11 nitrogen and oxygen atoms in total. The average Bonchev–Trinajstić information content (AvgIpc) is 2.79. The van der Waals surface area contributed by atoms with Crippen molar-refractivity contribution in [2.24, 2.45) is 14.1 Å². The first-order valence-corrected chi connectivity index (χ1v) is 11.8. The Morgan fingerprint density at radius 2 is 1.50 bits per heavy atom. The number of benzene rings is 1. The molecule has 0 saturated carbocycles. The van der Waals surface area contributed by atoms with Crippen LogP contribution in [-0.2, 0) is 33.5 Å². The molecule has 2 heterocycles. The van der Waals surface area contributed by atoms with E-state index in [9.17, 15) is 27.6 Å². The van der Waals surface area contributed by atoms with Crippen LogP contribution in [-0.4, -0.2) is 77.9 Å². The molecule has 1 fully saturated rings. The molecule has 1 aromatic carbocycles. The maximum Gasteiger partial charge on any atom is 0.409 e. The number of carbonyl (C=O) groups excluding carboxylic acids is 2. The van der Waals surface area contributed by atoms with Crippen molar-refractivity contribution in [3.63, 3.8) is 0 Å². The van der Waals surface area contributed by atoms with Crippen molar-refractivity contribution in [1.29, 1.82) is 0 Å². The van der Waals surface area contributed by atoms with E-state index in [1.165, 1.54) is 46.7 Å². The van der Waals surface area contributed by atoms with Gasteiger partial charge in [0.05, 0.1) is 28.3 Å². The van der Waals surface area contributed by atoms with Gasteiger partial charge < -0.3 is 23.7 Å². The van der Waals surface area contributed by atoms with E-state index in [2.05, 4.69) is 0 Å². The molecule has 1 aromatic heterocycles. The number of ether oxygens (including phenoxy) is 1. The van der Waals surface area contributed by atoms with E-state index in [1.54, 1.807) is 6.92 Å². The SMILES string of the molecule is CCOC(=O)N1CCN(C(=O)CCS(=O)(=O)c2ccc3c(c2)n(C)c(=O)c(=O)n3C)CC1. The second kappa shape index (κ2) is 9.15. The van der Waals surface area contributed by atoms with E-state index in [0.717, 1.165) is 4.57 Å². The summed E-state index contributed by atoms with van der Waals surface area (Å²) < 4.78 is 32.9. The summed E-state index contributed by atoms with van der Waals surface area (Å²) in [5.41, 5.74) is -0.734. The summed E-state index contributed by atoms with van der Waals surface area (Å²) in [6.45, 7) is 3.26. The van der Waals surface area contributed by atoms with Crippen LogP contribution >= 0.6 is 0 Å². The summed E-state index contributed by atoms with van der Waals surface area (Å²) in [6.07, 6.45) is -0.628. The lowest BCUT2D eigenvalue weighted by atomic mass is 10.3. The first-order valence-electron chi connectivity index (χ1n) is 10.2. The summed E-state index contributed by atoms with van der Waals surface area (Å²) >= 11 is 0. The van der Waals surface area contributed by atoms with Crippen molar-refractivity contribution in [3.8, 4) is 0 Å². The Balaban J connectivity index is 1.70. The van der Waals surface area contributed by atoms with Crippen LogP contribution in [0.15, 0.2) is 32.7 Å². The quantitative estimate of drug-likeness (QED) is 0.554. The third-order valence-electron chi connectivity index (χ3n) is 5.56. The van der Waals surface area contributed by atoms with Gasteiger partial charge in [-0.3, -0.25) is 14.4 Å². The number of fused-ring (bicyclic) bond motifs is 1. The number of piperazine rings is 1. The first kappa shape index (κ1) is 23.5. The molecule has 3 rings (SSSR count). The molecule has 32 heavy (non-hydrogen) atoms. The van der Waals surface area contributed by atoms with Crippen LogP contribution in [0.5, 0.6) is 0 Å². The maximum atomic E-state index is 12.8. The fraction of sp³-hybridized carbons (Fsp3) is 0.500. The molecule has 12 heteroatoms. The summed E-state index contributed by atoms with van der Waals surface area (Å²) in [7, 11) is -0.955. The number of carbonyl (C=O) groups is 2. The second-order valence-electron chi connectivity index (χ2n) is 7.51. The predicted octanol–water partition coefficient (Wildman–Crippen LogP) is -0.298. The van der Waals surface area contributed by atoms with E-state index >= 15 is 0 Å². The third kappa shape index (κ3) is 4.54. The van der Waals surface area contributed by atoms with Crippen LogP contribution in [0.4, 0.5) is 4.79 Å². The van der Waals surface area contributed by atoms with Gasteiger partial charge in [-0.25, -0.2) is 13.2 Å². The summed E-state index contributed by atoms with van der Waals surface area (Å²) in [5.74, 6) is -0.706. The molecule has 2 aromatic rings. The van der Waals surface area contributed by atoms with E-state index in [-0.39, 0.29) is 23.8 Å². The number of aromatic nitrogens is 2. The number of rotatable bonds is 5. The zero-order chi connectivity index (χ0) is 23.6. The Hall–Kier alpha value is -3.15. The molecular formula is C20H26N4O7S. The average molecular weight is 467 g/mol. The van der Waals surface area contributed by atoms with Gasteiger partial charge in [-0.2, -0.15) is 0 Å². The molecule has 174 valence electrons. The largest absolute Gasteiger partial charge is 0.450 e. The molecule has 0 unspecified atom stereocenters. The molecule has 0 radical (unpaired) electrons. The highest BCUT2D eigenvalue weighted by atomic mass is 32.2. The zero-order valence-electron chi connectivity index (χ0n) is 18.2. The summed E-state index contributed by atoms with van der Waals surface area (Å²) in [4.78, 5) is 51.3. The van der Waals surface area contributed by atoms with Crippen molar-refractivity contribution in [2.75, 3.05) is 38.5 Å². The minimum atomic E-state index is -3.80. The normalized spacial score (nSPS) is 14.6. The fourth-order valence-corrected chi connectivity index (χ4v) is 4.85. The van der Waals surface area contributed by atoms with Crippen molar-refractivity contribution < 1.29 is 22.7 Å². The highest BCUT2D eigenvalue weighted by molar-refractivity contribution is 7.91. The van der Waals surface area contributed by atoms with E-state index < -0.39 is 32.8 Å². The fourth-order valence-electron chi connectivity index (χ4n) is 3.61. The maximum absolute atomic E-state index is 12.8. The van der Waals surface area contributed by atoms with Crippen LogP contribution < -0.4 is 11.1 Å². The van der Waals surface area contributed by atoms with Crippen LogP contribution in [0.25, 0.3) is 11.0 Å². The first-order chi connectivity index (χ1) is 15.1. The second-order valence-corrected chi connectivity index (χ2v) is 9.62. The Morgan fingerprint density at radius 1 is 0.938 bits per heavy atom. The minimum Gasteiger partial charge on any atom is -0.450 e. The van der Waals surface area contributed by atoms with E-state index in [4.69, 9.17) is 4.74 Å². The summed E-state index contributed by atoms with van der Waals surface area (Å²) in [5, 5.41) is 0. The molecule has 1 saturated heterocycles. The molecule has 2 amide bonds. The molecule has 0 spiro atoms. The van der Waals surface area contributed by atoms with Crippen LogP contribution in [0.3, 0.4) is 0 Å². The summed E-state index contributed by atoms with van der Waals surface area (Å²) in [6, 6.07) is 4.18. The van der Waals surface area contributed by atoms with Gasteiger partial charge in [-0.05, 0) is 25.1 Å².